The molecule has 1 unspecified atom stereocenters. The SMILES string of the molecule is O=C(CC1CN2CCC1CC2)c1ccc2ncsc2c1. The van der Waals surface area contributed by atoms with Gasteiger partial charge in [0.2, 0.25) is 0 Å². The standard InChI is InChI=1S/C16H18N2OS/c19-15(7-13-9-18-5-3-11(13)4-6-18)12-1-2-14-16(8-12)20-10-17-14/h1-2,8,10-11,13H,3-7,9H2. The molecule has 1 atom stereocenters. The van der Waals surface area contributed by atoms with Crippen molar-refractivity contribution in [2.24, 2.45) is 11.8 Å². The molecule has 3 fully saturated rings. The number of piperidine rings is 3. The molecule has 0 aliphatic carbocycles. The topological polar surface area (TPSA) is 33.2 Å². The fourth-order valence-electron chi connectivity index (χ4n) is 3.70. The molecular weight excluding hydrogens is 268 g/mol. The van der Waals surface area contributed by atoms with E-state index in [1.807, 2.05) is 23.7 Å². The van der Waals surface area contributed by atoms with Crippen LogP contribution in [0.4, 0.5) is 0 Å². The third kappa shape index (κ3) is 2.17. The molecule has 3 aliphatic rings. The summed E-state index contributed by atoms with van der Waals surface area (Å²) in [5.74, 6) is 1.65. The highest BCUT2D eigenvalue weighted by Gasteiger charge is 2.35. The molecule has 0 spiro atoms. The molecule has 1 aromatic heterocycles. The maximum Gasteiger partial charge on any atom is 0.163 e. The minimum absolute atomic E-state index is 0.305. The van der Waals surface area contributed by atoms with E-state index in [2.05, 4.69) is 9.88 Å². The first-order chi connectivity index (χ1) is 9.79. The zero-order valence-corrected chi connectivity index (χ0v) is 12.2. The van der Waals surface area contributed by atoms with Crippen molar-refractivity contribution in [3.63, 3.8) is 0 Å². The van der Waals surface area contributed by atoms with Crippen LogP contribution in [0.2, 0.25) is 0 Å². The third-order valence-corrected chi connectivity index (χ3v) is 5.68. The zero-order valence-electron chi connectivity index (χ0n) is 11.4. The lowest BCUT2D eigenvalue weighted by Gasteiger charge is -2.44. The van der Waals surface area contributed by atoms with E-state index < -0.39 is 0 Å². The Morgan fingerprint density at radius 1 is 1.35 bits per heavy atom. The summed E-state index contributed by atoms with van der Waals surface area (Å²) >= 11 is 1.61. The summed E-state index contributed by atoms with van der Waals surface area (Å²) < 4.78 is 1.12. The molecule has 4 heteroatoms. The largest absolute Gasteiger partial charge is 0.303 e. The van der Waals surface area contributed by atoms with Crippen molar-refractivity contribution in [3.05, 3.63) is 29.3 Å². The van der Waals surface area contributed by atoms with Crippen molar-refractivity contribution >= 4 is 27.3 Å². The van der Waals surface area contributed by atoms with Crippen LogP contribution in [-0.4, -0.2) is 35.3 Å². The second-order valence-electron chi connectivity index (χ2n) is 6.06. The van der Waals surface area contributed by atoms with Gasteiger partial charge in [-0.05, 0) is 56.0 Å². The summed E-state index contributed by atoms with van der Waals surface area (Å²) in [6.45, 7) is 3.60. The lowest BCUT2D eigenvalue weighted by Crippen LogP contribution is -2.47. The number of rotatable bonds is 3. The number of hydrogen-bond donors (Lipinski definition) is 0. The molecule has 20 heavy (non-hydrogen) atoms. The van der Waals surface area contributed by atoms with Crippen molar-refractivity contribution < 1.29 is 4.79 Å². The highest BCUT2D eigenvalue weighted by Crippen LogP contribution is 2.35. The first-order valence-corrected chi connectivity index (χ1v) is 8.26. The molecule has 2 aromatic rings. The predicted molar refractivity (Wildman–Crippen MR) is 81.2 cm³/mol. The summed E-state index contributed by atoms with van der Waals surface area (Å²) in [7, 11) is 0. The number of ketones is 1. The monoisotopic (exact) mass is 286 g/mol. The van der Waals surface area contributed by atoms with Gasteiger partial charge in [-0.3, -0.25) is 4.79 Å². The molecule has 3 aliphatic heterocycles. The van der Waals surface area contributed by atoms with Gasteiger partial charge in [-0.15, -0.1) is 11.3 Å². The van der Waals surface area contributed by atoms with E-state index in [0.717, 1.165) is 28.2 Å². The number of fused-ring (bicyclic) bond motifs is 4. The molecule has 3 saturated heterocycles. The second kappa shape index (κ2) is 4.93. The van der Waals surface area contributed by atoms with Crippen LogP contribution in [0.1, 0.15) is 29.6 Å². The number of thiazole rings is 1. The van der Waals surface area contributed by atoms with E-state index in [0.29, 0.717) is 18.1 Å². The van der Waals surface area contributed by atoms with Gasteiger partial charge in [0, 0.05) is 18.5 Å². The quantitative estimate of drug-likeness (QED) is 0.812. The summed E-state index contributed by atoms with van der Waals surface area (Å²) in [5, 5.41) is 0. The molecule has 4 heterocycles. The van der Waals surface area contributed by atoms with Crippen LogP contribution in [-0.2, 0) is 0 Å². The summed E-state index contributed by atoms with van der Waals surface area (Å²) in [6, 6.07) is 5.91. The number of aromatic nitrogens is 1. The number of carbonyl (C=O) groups is 1. The first-order valence-electron chi connectivity index (χ1n) is 7.38. The predicted octanol–water partition coefficient (Wildman–Crippen LogP) is 3.21. The van der Waals surface area contributed by atoms with E-state index in [9.17, 15) is 4.79 Å². The van der Waals surface area contributed by atoms with Gasteiger partial charge in [-0.1, -0.05) is 0 Å². The Morgan fingerprint density at radius 3 is 2.95 bits per heavy atom. The van der Waals surface area contributed by atoms with Crippen molar-refractivity contribution in [1.29, 1.82) is 0 Å². The van der Waals surface area contributed by atoms with Crippen LogP contribution in [0.3, 0.4) is 0 Å². The van der Waals surface area contributed by atoms with Crippen molar-refractivity contribution in [2.75, 3.05) is 19.6 Å². The van der Waals surface area contributed by atoms with Gasteiger partial charge in [-0.25, -0.2) is 4.98 Å². The van der Waals surface area contributed by atoms with Crippen LogP contribution in [0.25, 0.3) is 10.2 Å². The molecule has 2 bridgehead atoms. The third-order valence-electron chi connectivity index (χ3n) is 4.89. The lowest BCUT2D eigenvalue weighted by molar-refractivity contribution is 0.0441. The summed E-state index contributed by atoms with van der Waals surface area (Å²) in [5.41, 5.74) is 3.69. The highest BCUT2D eigenvalue weighted by molar-refractivity contribution is 7.16. The summed E-state index contributed by atoms with van der Waals surface area (Å²) in [6.07, 6.45) is 3.28. The second-order valence-corrected chi connectivity index (χ2v) is 6.95. The minimum atomic E-state index is 0.305. The van der Waals surface area contributed by atoms with Gasteiger partial charge in [0.25, 0.3) is 0 Å². The highest BCUT2D eigenvalue weighted by atomic mass is 32.1. The Morgan fingerprint density at radius 2 is 2.20 bits per heavy atom. The van der Waals surface area contributed by atoms with E-state index >= 15 is 0 Å². The van der Waals surface area contributed by atoms with Gasteiger partial charge in [-0.2, -0.15) is 0 Å². The zero-order chi connectivity index (χ0) is 13.5. The molecule has 1 aromatic carbocycles. The Labute approximate surface area is 122 Å². The molecule has 0 saturated carbocycles. The lowest BCUT2D eigenvalue weighted by atomic mass is 9.76. The number of benzene rings is 1. The Bertz CT molecular complexity index is 643. The van der Waals surface area contributed by atoms with Crippen molar-refractivity contribution in [2.45, 2.75) is 19.3 Å². The van der Waals surface area contributed by atoms with Crippen LogP contribution in [0.15, 0.2) is 23.7 Å². The fraction of sp³-hybridized carbons (Fsp3) is 0.500. The Balaban J connectivity index is 1.52. The average Bonchev–Trinajstić information content (AvgIpc) is 2.96. The van der Waals surface area contributed by atoms with Gasteiger partial charge >= 0.3 is 0 Å². The molecule has 5 rings (SSSR count). The van der Waals surface area contributed by atoms with Crippen molar-refractivity contribution in [1.82, 2.24) is 9.88 Å². The molecule has 0 N–H and O–H groups in total. The minimum Gasteiger partial charge on any atom is -0.303 e. The average molecular weight is 286 g/mol. The van der Waals surface area contributed by atoms with E-state index in [-0.39, 0.29) is 0 Å². The number of nitrogens with zero attached hydrogens (tertiary/aromatic N) is 2. The normalized spacial score (nSPS) is 28.9. The molecular formula is C16H18N2OS. The van der Waals surface area contributed by atoms with Gasteiger partial charge in [0.1, 0.15) is 0 Å². The molecule has 3 nitrogen and oxygen atoms in total. The number of Topliss-reactive ketones (excluding diaryl/α,β-unsaturated/α-hetero) is 1. The maximum absolute atomic E-state index is 12.5. The molecule has 104 valence electrons. The van der Waals surface area contributed by atoms with E-state index in [1.165, 1.54) is 25.9 Å². The van der Waals surface area contributed by atoms with Crippen LogP contribution in [0, 0.1) is 11.8 Å². The first kappa shape index (κ1) is 12.5. The van der Waals surface area contributed by atoms with Crippen LogP contribution in [0.5, 0.6) is 0 Å². The van der Waals surface area contributed by atoms with Gasteiger partial charge in [0.15, 0.2) is 5.78 Å². The van der Waals surface area contributed by atoms with E-state index in [4.69, 9.17) is 0 Å². The molecule has 0 amide bonds. The van der Waals surface area contributed by atoms with Gasteiger partial charge < -0.3 is 4.90 Å². The van der Waals surface area contributed by atoms with Crippen molar-refractivity contribution in [3.8, 4) is 0 Å². The Kier molecular flexibility index (Phi) is 3.08. The fourth-order valence-corrected chi connectivity index (χ4v) is 4.42. The molecule has 0 radical (unpaired) electrons. The van der Waals surface area contributed by atoms with Crippen LogP contribution < -0.4 is 0 Å². The maximum atomic E-state index is 12.5. The van der Waals surface area contributed by atoms with Gasteiger partial charge in [0.05, 0.1) is 15.7 Å². The number of hydrogen-bond acceptors (Lipinski definition) is 4. The van der Waals surface area contributed by atoms with E-state index in [1.54, 1.807) is 11.3 Å². The Hall–Kier alpha value is -1.26. The van der Waals surface area contributed by atoms with Crippen LogP contribution >= 0.6 is 11.3 Å². The number of carbonyl (C=O) groups excluding carboxylic acids is 1. The smallest absolute Gasteiger partial charge is 0.163 e. The summed E-state index contributed by atoms with van der Waals surface area (Å²) in [4.78, 5) is 19.3.